The maximum atomic E-state index is 9.11. The SMILES string of the molecule is CCCN(c1cc(Br)cc(C#N)c1)C1CCCNC1. The number of nitriles is 1. The molecule has 0 spiro atoms. The fourth-order valence-corrected chi connectivity index (χ4v) is 3.15. The third kappa shape index (κ3) is 3.71. The van der Waals surface area contributed by atoms with Crippen molar-refractivity contribution in [2.75, 3.05) is 24.5 Å². The second-order valence-corrected chi connectivity index (χ2v) is 5.92. The average Bonchev–Trinajstić information content (AvgIpc) is 2.45. The van der Waals surface area contributed by atoms with Gasteiger partial charge in [-0.05, 0) is 44.0 Å². The monoisotopic (exact) mass is 321 g/mol. The minimum absolute atomic E-state index is 0.537. The first-order chi connectivity index (χ1) is 9.24. The van der Waals surface area contributed by atoms with Crippen molar-refractivity contribution < 1.29 is 0 Å². The van der Waals surface area contributed by atoms with Crippen molar-refractivity contribution in [3.05, 3.63) is 28.2 Å². The zero-order valence-electron chi connectivity index (χ0n) is 11.3. The Morgan fingerprint density at radius 3 is 2.95 bits per heavy atom. The normalized spacial score (nSPS) is 18.9. The summed E-state index contributed by atoms with van der Waals surface area (Å²) in [5.41, 5.74) is 1.87. The Bertz CT molecular complexity index is 461. The lowest BCUT2D eigenvalue weighted by atomic mass is 10.0. The van der Waals surface area contributed by atoms with Gasteiger partial charge in [0.25, 0.3) is 0 Å². The second-order valence-electron chi connectivity index (χ2n) is 5.00. The van der Waals surface area contributed by atoms with Crippen LogP contribution < -0.4 is 10.2 Å². The van der Waals surface area contributed by atoms with Crippen molar-refractivity contribution >= 4 is 21.6 Å². The standard InChI is InChI=1S/C15H20BrN3/c1-2-6-19(14-4-3-5-18-11-14)15-8-12(10-17)7-13(16)9-15/h7-9,14,18H,2-6,11H2,1H3. The van der Waals surface area contributed by atoms with E-state index < -0.39 is 0 Å². The third-order valence-corrected chi connectivity index (χ3v) is 3.98. The summed E-state index contributed by atoms with van der Waals surface area (Å²) in [6, 6.07) is 8.75. The maximum Gasteiger partial charge on any atom is 0.0992 e. The van der Waals surface area contributed by atoms with E-state index in [1.54, 1.807) is 0 Å². The lowest BCUT2D eigenvalue weighted by molar-refractivity contribution is 0.431. The summed E-state index contributed by atoms with van der Waals surface area (Å²) >= 11 is 3.50. The van der Waals surface area contributed by atoms with E-state index in [1.165, 1.54) is 12.8 Å². The zero-order valence-corrected chi connectivity index (χ0v) is 12.9. The number of hydrogen-bond donors (Lipinski definition) is 1. The molecule has 1 N–H and O–H groups in total. The molecule has 0 bridgehead atoms. The molecule has 1 aromatic rings. The molecule has 3 nitrogen and oxygen atoms in total. The molecule has 1 aliphatic heterocycles. The van der Waals surface area contributed by atoms with Crippen LogP contribution in [0, 0.1) is 11.3 Å². The molecule has 1 fully saturated rings. The molecule has 0 aliphatic carbocycles. The molecule has 0 saturated carbocycles. The number of piperidine rings is 1. The van der Waals surface area contributed by atoms with Gasteiger partial charge in [0, 0.05) is 29.3 Å². The quantitative estimate of drug-likeness (QED) is 0.924. The van der Waals surface area contributed by atoms with Crippen LogP contribution in [0.3, 0.4) is 0 Å². The molecule has 1 aliphatic rings. The fraction of sp³-hybridized carbons (Fsp3) is 0.533. The molecule has 1 heterocycles. The second kappa shape index (κ2) is 6.93. The smallest absolute Gasteiger partial charge is 0.0992 e. The van der Waals surface area contributed by atoms with E-state index in [-0.39, 0.29) is 0 Å². The van der Waals surface area contributed by atoms with Gasteiger partial charge < -0.3 is 10.2 Å². The van der Waals surface area contributed by atoms with Crippen LogP contribution in [-0.2, 0) is 0 Å². The van der Waals surface area contributed by atoms with E-state index in [0.29, 0.717) is 11.6 Å². The number of halogens is 1. The van der Waals surface area contributed by atoms with Crippen LogP contribution in [-0.4, -0.2) is 25.7 Å². The summed E-state index contributed by atoms with van der Waals surface area (Å²) in [5.74, 6) is 0. The van der Waals surface area contributed by atoms with E-state index in [4.69, 9.17) is 5.26 Å². The van der Waals surface area contributed by atoms with Crippen molar-refractivity contribution in [3.63, 3.8) is 0 Å². The molecule has 2 rings (SSSR count). The lowest BCUT2D eigenvalue weighted by Gasteiger charge is -2.36. The Hall–Kier alpha value is -1.05. The molecule has 1 aromatic carbocycles. The first-order valence-electron chi connectivity index (χ1n) is 6.92. The third-order valence-electron chi connectivity index (χ3n) is 3.52. The van der Waals surface area contributed by atoms with Crippen molar-refractivity contribution in [3.8, 4) is 6.07 Å². The van der Waals surface area contributed by atoms with Gasteiger partial charge in [-0.2, -0.15) is 5.26 Å². The van der Waals surface area contributed by atoms with Gasteiger partial charge in [0.2, 0.25) is 0 Å². The maximum absolute atomic E-state index is 9.11. The van der Waals surface area contributed by atoms with Gasteiger partial charge in [-0.1, -0.05) is 22.9 Å². The number of hydrogen-bond acceptors (Lipinski definition) is 3. The number of rotatable bonds is 4. The Balaban J connectivity index is 2.27. The zero-order chi connectivity index (χ0) is 13.7. The Morgan fingerprint density at radius 2 is 2.32 bits per heavy atom. The summed E-state index contributed by atoms with van der Waals surface area (Å²) in [7, 11) is 0. The first kappa shape index (κ1) is 14.4. The van der Waals surface area contributed by atoms with Crippen molar-refractivity contribution in [2.45, 2.75) is 32.2 Å². The molecule has 0 amide bonds. The highest BCUT2D eigenvalue weighted by Crippen LogP contribution is 2.26. The van der Waals surface area contributed by atoms with Gasteiger partial charge in [-0.3, -0.25) is 0 Å². The Morgan fingerprint density at radius 1 is 1.47 bits per heavy atom. The molecule has 0 radical (unpaired) electrons. The number of nitrogens with one attached hydrogen (secondary N) is 1. The minimum atomic E-state index is 0.537. The van der Waals surface area contributed by atoms with E-state index in [9.17, 15) is 0 Å². The van der Waals surface area contributed by atoms with Gasteiger partial charge in [0.15, 0.2) is 0 Å². The summed E-state index contributed by atoms with van der Waals surface area (Å²) in [5, 5.41) is 12.6. The molecular weight excluding hydrogens is 302 g/mol. The Kier molecular flexibility index (Phi) is 5.24. The summed E-state index contributed by atoms with van der Waals surface area (Å²) < 4.78 is 0.978. The van der Waals surface area contributed by atoms with Crippen molar-refractivity contribution in [1.29, 1.82) is 5.26 Å². The predicted octanol–water partition coefficient (Wildman–Crippen LogP) is 3.29. The number of anilines is 1. The van der Waals surface area contributed by atoms with Crippen LogP contribution in [0.5, 0.6) is 0 Å². The van der Waals surface area contributed by atoms with Crippen molar-refractivity contribution in [1.82, 2.24) is 5.32 Å². The molecule has 4 heteroatoms. The lowest BCUT2D eigenvalue weighted by Crippen LogP contribution is -2.46. The summed E-state index contributed by atoms with van der Waals surface area (Å²) in [4.78, 5) is 2.44. The van der Waals surface area contributed by atoms with Crippen LogP contribution in [0.15, 0.2) is 22.7 Å². The van der Waals surface area contributed by atoms with E-state index in [1.807, 2.05) is 12.1 Å². The Labute approximate surface area is 123 Å². The van der Waals surface area contributed by atoms with Crippen molar-refractivity contribution in [2.24, 2.45) is 0 Å². The molecule has 0 aromatic heterocycles. The molecule has 19 heavy (non-hydrogen) atoms. The van der Waals surface area contributed by atoms with Crippen LogP contribution >= 0.6 is 15.9 Å². The molecule has 1 saturated heterocycles. The minimum Gasteiger partial charge on any atom is -0.367 e. The van der Waals surface area contributed by atoms with Crippen LogP contribution in [0.1, 0.15) is 31.7 Å². The number of nitrogens with zero attached hydrogens (tertiary/aromatic N) is 2. The topological polar surface area (TPSA) is 39.1 Å². The van der Waals surface area contributed by atoms with Gasteiger partial charge in [0.1, 0.15) is 0 Å². The van der Waals surface area contributed by atoms with Crippen LogP contribution in [0.2, 0.25) is 0 Å². The fourth-order valence-electron chi connectivity index (χ4n) is 2.67. The number of benzene rings is 1. The van der Waals surface area contributed by atoms with Crippen LogP contribution in [0.25, 0.3) is 0 Å². The van der Waals surface area contributed by atoms with Gasteiger partial charge in [0.05, 0.1) is 11.6 Å². The predicted molar refractivity (Wildman–Crippen MR) is 82.4 cm³/mol. The largest absolute Gasteiger partial charge is 0.367 e. The van der Waals surface area contributed by atoms with Gasteiger partial charge in [-0.25, -0.2) is 0 Å². The summed E-state index contributed by atoms with van der Waals surface area (Å²) in [6.45, 7) is 5.40. The average molecular weight is 322 g/mol. The first-order valence-corrected chi connectivity index (χ1v) is 7.72. The van der Waals surface area contributed by atoms with Crippen LogP contribution in [0.4, 0.5) is 5.69 Å². The summed E-state index contributed by atoms with van der Waals surface area (Å²) in [6.07, 6.45) is 3.57. The van der Waals surface area contributed by atoms with E-state index in [0.717, 1.165) is 36.2 Å². The van der Waals surface area contributed by atoms with E-state index >= 15 is 0 Å². The highest BCUT2D eigenvalue weighted by molar-refractivity contribution is 9.10. The highest BCUT2D eigenvalue weighted by atomic mass is 79.9. The molecule has 102 valence electrons. The van der Waals surface area contributed by atoms with Gasteiger partial charge >= 0.3 is 0 Å². The van der Waals surface area contributed by atoms with E-state index in [2.05, 4.69) is 45.2 Å². The highest BCUT2D eigenvalue weighted by Gasteiger charge is 2.21. The molecular formula is C15H20BrN3. The van der Waals surface area contributed by atoms with Gasteiger partial charge in [-0.15, -0.1) is 0 Å². The molecule has 1 unspecified atom stereocenters. The molecule has 1 atom stereocenters.